The molecule has 0 aliphatic rings. The second kappa shape index (κ2) is 13.3. The average Bonchev–Trinajstić information content (AvgIpc) is 2.90. The first-order valence-corrected chi connectivity index (χ1v) is 15.8. The molecule has 7 heteroatoms. The van der Waals surface area contributed by atoms with E-state index in [0.29, 0.717) is 0 Å². The summed E-state index contributed by atoms with van der Waals surface area (Å²) in [4.78, 5) is 0.268. The number of nitrogens with two attached hydrogens (primary N) is 2. The molecule has 3 rings (SSSR count). The zero-order valence-corrected chi connectivity index (χ0v) is 28.8. The normalized spacial score (nSPS) is 10.9. The first kappa shape index (κ1) is 35.3. The molecule has 4 N–H and O–H groups in total. The van der Waals surface area contributed by atoms with Crippen LogP contribution in [0.2, 0.25) is 0 Å². The lowest BCUT2D eigenvalue weighted by atomic mass is 9.93. The molecule has 0 radical (unpaired) electrons. The van der Waals surface area contributed by atoms with Crippen LogP contribution >= 0.6 is 10.7 Å². The van der Waals surface area contributed by atoms with Crippen molar-refractivity contribution in [1.82, 2.24) is 0 Å². The van der Waals surface area contributed by atoms with Gasteiger partial charge in [0, 0.05) is 16.4 Å². The Bertz CT molecular complexity index is 1420. The van der Waals surface area contributed by atoms with Crippen molar-refractivity contribution in [2.45, 2.75) is 109 Å². The number of halogens is 1. The van der Waals surface area contributed by atoms with Crippen LogP contribution in [0.25, 0.3) is 0 Å². The van der Waals surface area contributed by atoms with Crippen LogP contribution in [0.5, 0.6) is 0 Å². The summed E-state index contributed by atoms with van der Waals surface area (Å²) < 4.78 is 22.9. The molecule has 0 unspecified atom stereocenters. The highest BCUT2D eigenvalue weighted by atomic mass is 35.7. The standard InChI is InChI=1S/C11H15ClO2S.C11H16N2.C11H17N/c1-6-7(2)9(4)11(15(12,13)14)10(5)8(6)3;1-6-7(2)9(4)11(13-12)10(5)8(6)3;1-6-7(2)9(4)11(12)10(5)8(6)3/h1-5H3;12H,1-5H3;12H2,1-5H3/p+1. The molecule has 3 aromatic carbocycles. The molecule has 40 heavy (non-hydrogen) atoms. The number of rotatable bonds is 2. The van der Waals surface area contributed by atoms with Gasteiger partial charge in [0.1, 0.15) is 5.69 Å². The summed E-state index contributed by atoms with van der Waals surface area (Å²) in [6.07, 6.45) is 0. The van der Waals surface area contributed by atoms with Gasteiger partial charge >= 0.3 is 0 Å². The van der Waals surface area contributed by atoms with Crippen molar-refractivity contribution in [3.8, 4) is 0 Å². The second-order valence-electron chi connectivity index (χ2n) is 11.0. The van der Waals surface area contributed by atoms with Gasteiger partial charge in [-0.1, -0.05) is 0 Å². The fourth-order valence-corrected chi connectivity index (χ4v) is 6.77. The SMILES string of the molecule is Cc1c(C)c(C)c(N)c(C)c1C.Cc1c(C)c(C)c(N=[NH2+])c(C)c1C.Cc1c(C)c(C)c(S(=O)(=O)Cl)c(C)c1C. The number of anilines is 1. The van der Waals surface area contributed by atoms with E-state index < -0.39 is 9.05 Å². The molecular weight excluding hydrogens is 538 g/mol. The maximum atomic E-state index is 11.5. The van der Waals surface area contributed by atoms with E-state index >= 15 is 0 Å². The molecule has 0 bridgehead atoms. The largest absolute Gasteiger partial charge is 0.398 e. The van der Waals surface area contributed by atoms with Crippen molar-refractivity contribution >= 4 is 31.1 Å². The molecule has 5 nitrogen and oxygen atoms in total. The Balaban J connectivity index is 0.000000302. The third-order valence-electron chi connectivity index (χ3n) is 9.32. The first-order chi connectivity index (χ1) is 18.1. The number of nitrogens with zero attached hydrogens (tertiary/aromatic N) is 1. The quantitative estimate of drug-likeness (QED) is 0.180. The fraction of sp³-hybridized carbons (Fsp3) is 0.455. The van der Waals surface area contributed by atoms with Crippen LogP contribution in [0.15, 0.2) is 10.0 Å². The van der Waals surface area contributed by atoms with E-state index in [1.165, 1.54) is 55.6 Å². The summed E-state index contributed by atoms with van der Waals surface area (Å²) in [7, 11) is 1.78. The highest BCUT2D eigenvalue weighted by molar-refractivity contribution is 8.13. The van der Waals surface area contributed by atoms with Crippen molar-refractivity contribution in [3.63, 3.8) is 0 Å². The third kappa shape index (κ3) is 6.95. The Morgan fingerprint density at radius 1 is 0.475 bits per heavy atom. The van der Waals surface area contributed by atoms with Crippen LogP contribution in [-0.2, 0) is 9.05 Å². The molecule has 0 saturated heterocycles. The number of benzene rings is 3. The predicted molar refractivity (Wildman–Crippen MR) is 172 cm³/mol. The molecule has 0 amide bonds. The van der Waals surface area contributed by atoms with Crippen molar-refractivity contribution in [2.75, 3.05) is 5.73 Å². The minimum Gasteiger partial charge on any atom is -0.398 e. The zero-order chi connectivity index (χ0) is 31.6. The van der Waals surface area contributed by atoms with Crippen LogP contribution in [0.1, 0.15) is 83.5 Å². The molecule has 0 saturated carbocycles. The molecule has 0 aliphatic heterocycles. The number of hydrogen-bond acceptors (Lipinski definition) is 4. The van der Waals surface area contributed by atoms with Gasteiger partial charge in [0.2, 0.25) is 0 Å². The van der Waals surface area contributed by atoms with Gasteiger partial charge in [0.15, 0.2) is 0 Å². The highest BCUT2D eigenvalue weighted by Crippen LogP contribution is 2.32. The Labute approximate surface area is 247 Å². The second-order valence-corrected chi connectivity index (χ2v) is 13.5. The van der Waals surface area contributed by atoms with Crippen molar-refractivity contribution in [2.24, 2.45) is 5.11 Å². The van der Waals surface area contributed by atoms with E-state index in [1.807, 2.05) is 20.8 Å². The summed E-state index contributed by atoms with van der Waals surface area (Å²) in [6, 6.07) is 0. The molecule has 3 aromatic rings. The Morgan fingerprint density at radius 3 is 0.950 bits per heavy atom. The summed E-state index contributed by atoms with van der Waals surface area (Å²) in [5.74, 6) is 0. The lowest BCUT2D eigenvalue weighted by Gasteiger charge is -2.16. The lowest BCUT2D eigenvalue weighted by molar-refractivity contribution is -0.210. The molecule has 0 heterocycles. The van der Waals surface area contributed by atoms with Gasteiger partial charge < -0.3 is 5.73 Å². The smallest absolute Gasteiger partial charge is 0.261 e. The molecule has 0 atom stereocenters. The van der Waals surface area contributed by atoms with E-state index in [-0.39, 0.29) is 4.90 Å². The summed E-state index contributed by atoms with van der Waals surface area (Å²) in [6.45, 7) is 30.5. The molecule has 0 fully saturated rings. The van der Waals surface area contributed by atoms with E-state index in [1.54, 1.807) is 13.8 Å². The number of nitrogen functional groups attached to an aromatic ring is 1. The average molecular weight is 587 g/mol. The topological polar surface area (TPSA) is 98.1 Å². The van der Waals surface area contributed by atoms with Crippen LogP contribution in [0.4, 0.5) is 11.4 Å². The molecule has 220 valence electrons. The molecular formula is C33H49ClN3O2S+. The Morgan fingerprint density at radius 2 is 0.700 bits per heavy atom. The lowest BCUT2D eigenvalue weighted by Crippen LogP contribution is -2.22. The first-order valence-electron chi connectivity index (χ1n) is 13.5. The van der Waals surface area contributed by atoms with Crippen molar-refractivity contribution in [1.29, 1.82) is 0 Å². The van der Waals surface area contributed by atoms with Crippen molar-refractivity contribution < 1.29 is 13.9 Å². The maximum absolute atomic E-state index is 11.5. The highest BCUT2D eigenvalue weighted by Gasteiger charge is 2.21. The third-order valence-corrected chi connectivity index (χ3v) is 10.9. The van der Waals surface area contributed by atoms with Crippen molar-refractivity contribution in [3.05, 3.63) is 83.5 Å². The molecule has 0 aliphatic carbocycles. The monoisotopic (exact) mass is 586 g/mol. The van der Waals surface area contributed by atoms with Gasteiger partial charge in [0.05, 0.1) is 4.90 Å². The van der Waals surface area contributed by atoms with E-state index in [4.69, 9.17) is 21.9 Å². The Hall–Kier alpha value is -2.70. The molecule has 0 aromatic heterocycles. The minimum absolute atomic E-state index is 0.268. The summed E-state index contributed by atoms with van der Waals surface area (Å²) in [5.41, 5.74) is 30.7. The van der Waals surface area contributed by atoms with E-state index in [2.05, 4.69) is 74.4 Å². The van der Waals surface area contributed by atoms with Crippen LogP contribution in [0, 0.1) is 104 Å². The van der Waals surface area contributed by atoms with Gasteiger partial charge in [-0.3, -0.25) is 0 Å². The van der Waals surface area contributed by atoms with Crippen LogP contribution < -0.4 is 11.3 Å². The number of hydrogen-bond donors (Lipinski definition) is 2. The van der Waals surface area contributed by atoms with E-state index in [0.717, 1.165) is 39.2 Å². The van der Waals surface area contributed by atoms with Gasteiger partial charge in [-0.2, -0.15) is 5.53 Å². The van der Waals surface area contributed by atoms with Crippen LogP contribution in [-0.4, -0.2) is 8.42 Å². The fourth-order valence-electron chi connectivity index (χ4n) is 5.03. The van der Waals surface area contributed by atoms with Gasteiger partial charge in [-0.05, 0) is 192 Å². The zero-order valence-electron chi connectivity index (χ0n) is 27.2. The summed E-state index contributed by atoms with van der Waals surface area (Å²) >= 11 is 0. The predicted octanol–water partition coefficient (Wildman–Crippen LogP) is 8.04. The Kier molecular flexibility index (Phi) is 11.8. The van der Waals surface area contributed by atoms with Gasteiger partial charge in [0.25, 0.3) is 9.05 Å². The maximum Gasteiger partial charge on any atom is 0.261 e. The molecule has 0 spiro atoms. The minimum atomic E-state index is -3.65. The van der Waals surface area contributed by atoms with Gasteiger partial charge in [-0.25, -0.2) is 8.42 Å². The van der Waals surface area contributed by atoms with Gasteiger partial charge in [-0.15, -0.1) is 0 Å². The van der Waals surface area contributed by atoms with E-state index in [9.17, 15) is 8.42 Å². The van der Waals surface area contributed by atoms with Crippen LogP contribution in [0.3, 0.4) is 0 Å². The summed E-state index contributed by atoms with van der Waals surface area (Å²) in [5, 5.41) is 3.83.